The Bertz CT molecular complexity index is 1600. The van der Waals surface area contributed by atoms with Crippen molar-refractivity contribution in [3.05, 3.63) is 108 Å². The number of carbonyl (C=O) groups is 2. The average Bonchev–Trinajstić information content (AvgIpc) is 3.35. The summed E-state index contributed by atoms with van der Waals surface area (Å²) in [6.07, 6.45) is 3.69. The molecule has 2 aromatic heterocycles. The van der Waals surface area contributed by atoms with E-state index in [0.29, 0.717) is 27.9 Å². The molecule has 0 saturated heterocycles. The minimum atomic E-state index is -1.15. The van der Waals surface area contributed by atoms with Crippen LogP contribution in [0.2, 0.25) is 0 Å². The summed E-state index contributed by atoms with van der Waals surface area (Å²) < 4.78 is 34.5. The standard InChI is InChI=1S/C34H35F2N3O5/c1-21(2)39-29(15-14-27(40)17-28(41)18-30(42)44-3)31(23-6-10-25(35)11-7-23)32(24-8-12-26(36)13-9-24)33(39)34(43)38-20-22-5-4-16-37-19-22/h4-16,19,21,27-28,40-41H,17-18,20H2,1-3H3,(H,38,43). The van der Waals surface area contributed by atoms with Gasteiger partial charge in [0.15, 0.2) is 0 Å². The summed E-state index contributed by atoms with van der Waals surface area (Å²) in [5.74, 6) is -1.90. The SMILES string of the molecule is COC(=O)CC(O)CC(O)C=Cc1c(-c2ccc(F)cc2)c(-c2ccc(F)cc2)c(C(=O)NCc2cccnc2)n1C(C)C. The predicted octanol–water partition coefficient (Wildman–Crippen LogP) is 5.69. The summed E-state index contributed by atoms with van der Waals surface area (Å²) in [6.45, 7) is 4.00. The van der Waals surface area contributed by atoms with Crippen LogP contribution >= 0.6 is 0 Å². The quantitative estimate of drug-likeness (QED) is 0.179. The van der Waals surface area contributed by atoms with E-state index in [4.69, 9.17) is 0 Å². The number of pyridine rings is 1. The highest BCUT2D eigenvalue weighted by molar-refractivity contribution is 6.06. The number of hydrogen-bond donors (Lipinski definition) is 3. The molecule has 0 aliphatic heterocycles. The van der Waals surface area contributed by atoms with Crippen LogP contribution in [0.3, 0.4) is 0 Å². The summed E-state index contributed by atoms with van der Waals surface area (Å²) >= 11 is 0. The van der Waals surface area contributed by atoms with Gasteiger partial charge in [-0.2, -0.15) is 0 Å². The maximum Gasteiger partial charge on any atom is 0.308 e. The Morgan fingerprint density at radius 1 is 0.977 bits per heavy atom. The molecule has 2 aromatic carbocycles. The number of aliphatic hydroxyl groups is 2. The Kier molecular flexibility index (Phi) is 10.8. The maximum absolute atomic E-state index is 14.0. The topological polar surface area (TPSA) is 114 Å². The number of nitrogens with one attached hydrogen (secondary N) is 1. The third kappa shape index (κ3) is 7.83. The van der Waals surface area contributed by atoms with Crippen LogP contribution in [-0.4, -0.2) is 51.0 Å². The molecule has 0 spiro atoms. The molecule has 2 unspecified atom stereocenters. The van der Waals surface area contributed by atoms with Gasteiger partial charge < -0.3 is 24.8 Å². The van der Waals surface area contributed by atoms with Crippen LogP contribution in [0.15, 0.2) is 79.1 Å². The normalized spacial score (nSPS) is 12.8. The first-order chi connectivity index (χ1) is 21.1. The Morgan fingerprint density at radius 2 is 1.59 bits per heavy atom. The second-order valence-corrected chi connectivity index (χ2v) is 10.6. The highest BCUT2D eigenvalue weighted by atomic mass is 19.1. The van der Waals surface area contributed by atoms with Crippen LogP contribution in [0.1, 0.15) is 54.5 Å². The molecule has 4 aromatic rings. The molecule has 230 valence electrons. The van der Waals surface area contributed by atoms with Gasteiger partial charge in [-0.25, -0.2) is 8.78 Å². The number of amides is 1. The summed E-state index contributed by atoms with van der Waals surface area (Å²) in [5.41, 5.74) is 3.81. The van der Waals surface area contributed by atoms with E-state index < -0.39 is 35.7 Å². The Hall–Kier alpha value is -4.67. The lowest BCUT2D eigenvalue weighted by Crippen LogP contribution is -2.27. The molecular weight excluding hydrogens is 568 g/mol. The fourth-order valence-corrected chi connectivity index (χ4v) is 5.02. The lowest BCUT2D eigenvalue weighted by molar-refractivity contribution is -0.143. The minimum absolute atomic E-state index is 0.136. The minimum Gasteiger partial charge on any atom is -0.469 e. The van der Waals surface area contributed by atoms with Gasteiger partial charge in [0.25, 0.3) is 5.91 Å². The molecule has 2 atom stereocenters. The first-order valence-electron chi connectivity index (χ1n) is 14.2. The number of rotatable bonds is 12. The van der Waals surface area contributed by atoms with Gasteiger partial charge in [-0.15, -0.1) is 0 Å². The third-order valence-corrected chi connectivity index (χ3v) is 7.04. The van der Waals surface area contributed by atoms with Crippen molar-refractivity contribution in [2.45, 2.75) is 51.5 Å². The van der Waals surface area contributed by atoms with Crippen molar-refractivity contribution in [2.75, 3.05) is 7.11 Å². The smallest absolute Gasteiger partial charge is 0.308 e. The Morgan fingerprint density at radius 3 is 2.14 bits per heavy atom. The summed E-state index contributed by atoms with van der Waals surface area (Å²) in [6, 6.07) is 14.9. The predicted molar refractivity (Wildman–Crippen MR) is 163 cm³/mol. The number of nitrogens with zero attached hydrogens (tertiary/aromatic N) is 2. The van der Waals surface area contributed by atoms with E-state index in [2.05, 4.69) is 15.0 Å². The lowest BCUT2D eigenvalue weighted by atomic mass is 9.94. The molecule has 0 aliphatic carbocycles. The number of methoxy groups -OCH3 is 1. The molecule has 0 fully saturated rings. The van der Waals surface area contributed by atoms with E-state index in [1.165, 1.54) is 37.5 Å². The van der Waals surface area contributed by atoms with Gasteiger partial charge in [-0.1, -0.05) is 36.4 Å². The highest BCUT2D eigenvalue weighted by Gasteiger charge is 2.29. The fourth-order valence-electron chi connectivity index (χ4n) is 5.02. The molecule has 0 saturated carbocycles. The lowest BCUT2D eigenvalue weighted by Gasteiger charge is -2.17. The third-order valence-electron chi connectivity index (χ3n) is 7.04. The van der Waals surface area contributed by atoms with Crippen LogP contribution in [0.4, 0.5) is 8.78 Å². The molecule has 1 amide bonds. The van der Waals surface area contributed by atoms with Gasteiger partial charge in [0.05, 0.1) is 25.7 Å². The first-order valence-corrected chi connectivity index (χ1v) is 14.2. The number of esters is 1. The molecular formula is C34H35F2N3O5. The number of benzene rings is 2. The molecule has 0 radical (unpaired) electrons. The van der Waals surface area contributed by atoms with E-state index in [9.17, 15) is 28.6 Å². The van der Waals surface area contributed by atoms with E-state index in [1.807, 2.05) is 24.5 Å². The van der Waals surface area contributed by atoms with Gasteiger partial charge in [0.2, 0.25) is 0 Å². The van der Waals surface area contributed by atoms with Crippen molar-refractivity contribution in [1.82, 2.24) is 14.9 Å². The van der Waals surface area contributed by atoms with E-state index in [1.54, 1.807) is 48.8 Å². The Balaban J connectivity index is 1.90. The van der Waals surface area contributed by atoms with Crippen molar-refractivity contribution >= 4 is 18.0 Å². The van der Waals surface area contributed by atoms with E-state index in [-0.39, 0.29) is 31.1 Å². The van der Waals surface area contributed by atoms with Crippen LogP contribution in [0, 0.1) is 11.6 Å². The zero-order valence-corrected chi connectivity index (χ0v) is 24.7. The van der Waals surface area contributed by atoms with Crippen LogP contribution < -0.4 is 5.32 Å². The molecule has 8 nitrogen and oxygen atoms in total. The van der Waals surface area contributed by atoms with Crippen molar-refractivity contribution < 1.29 is 33.3 Å². The molecule has 0 bridgehead atoms. The van der Waals surface area contributed by atoms with E-state index >= 15 is 0 Å². The number of hydrogen-bond acceptors (Lipinski definition) is 6. The summed E-state index contributed by atoms with van der Waals surface area (Å²) in [7, 11) is 1.21. The monoisotopic (exact) mass is 603 g/mol. The van der Waals surface area contributed by atoms with Gasteiger partial charge in [-0.05, 0) is 66.9 Å². The van der Waals surface area contributed by atoms with Crippen molar-refractivity contribution in [1.29, 1.82) is 0 Å². The number of halogens is 2. The van der Waals surface area contributed by atoms with E-state index in [0.717, 1.165) is 5.56 Å². The zero-order chi connectivity index (χ0) is 31.8. The number of carbonyl (C=O) groups excluding carboxylic acids is 2. The van der Waals surface area contributed by atoms with Crippen molar-refractivity contribution in [3.63, 3.8) is 0 Å². The molecule has 0 aliphatic rings. The Labute approximate surface area is 254 Å². The molecule has 44 heavy (non-hydrogen) atoms. The van der Waals surface area contributed by atoms with Crippen molar-refractivity contribution in [2.24, 2.45) is 0 Å². The van der Waals surface area contributed by atoms with Gasteiger partial charge in [0.1, 0.15) is 17.3 Å². The van der Waals surface area contributed by atoms with Crippen LogP contribution in [-0.2, 0) is 16.1 Å². The molecule has 2 heterocycles. The van der Waals surface area contributed by atoms with Gasteiger partial charge >= 0.3 is 5.97 Å². The molecule has 3 N–H and O–H groups in total. The first kappa shape index (κ1) is 32.2. The van der Waals surface area contributed by atoms with Crippen LogP contribution in [0.5, 0.6) is 0 Å². The van der Waals surface area contributed by atoms with Crippen LogP contribution in [0.25, 0.3) is 28.3 Å². The van der Waals surface area contributed by atoms with Gasteiger partial charge in [-0.3, -0.25) is 14.6 Å². The largest absolute Gasteiger partial charge is 0.469 e. The fraction of sp³-hybridized carbons (Fsp3) is 0.265. The summed E-state index contributed by atoms with van der Waals surface area (Å²) in [4.78, 5) is 29.7. The van der Waals surface area contributed by atoms with Gasteiger partial charge in [0, 0.05) is 48.2 Å². The second-order valence-electron chi connectivity index (χ2n) is 10.6. The average molecular weight is 604 g/mol. The molecule has 10 heteroatoms. The maximum atomic E-state index is 14.0. The number of ether oxygens (including phenoxy) is 1. The number of aliphatic hydroxyl groups excluding tert-OH is 2. The molecule has 4 rings (SSSR count). The highest BCUT2D eigenvalue weighted by Crippen LogP contribution is 2.42. The summed E-state index contributed by atoms with van der Waals surface area (Å²) in [5, 5.41) is 24.0. The zero-order valence-electron chi connectivity index (χ0n) is 24.7. The second kappa shape index (κ2) is 14.7. The van der Waals surface area contributed by atoms with Crippen molar-refractivity contribution in [3.8, 4) is 22.3 Å². The number of aromatic nitrogens is 2.